The highest BCUT2D eigenvalue weighted by Gasteiger charge is 2.11. The Morgan fingerprint density at radius 2 is 2.00 bits per heavy atom. The van der Waals surface area contributed by atoms with Gasteiger partial charge in [0, 0.05) is 21.3 Å². The molecule has 0 amide bonds. The zero-order chi connectivity index (χ0) is 14.7. The zero-order valence-corrected chi connectivity index (χ0v) is 13.3. The number of benzene rings is 2. The Morgan fingerprint density at radius 3 is 2.60 bits per heavy atom. The van der Waals surface area contributed by atoms with E-state index < -0.39 is 0 Å². The van der Waals surface area contributed by atoms with Crippen molar-refractivity contribution in [2.75, 3.05) is 5.32 Å². The maximum absolute atomic E-state index is 13.7. The number of hydrogen-bond donors (Lipinski definition) is 2. The van der Waals surface area contributed by atoms with E-state index in [0.717, 1.165) is 15.7 Å². The molecular weight excluding hydrogens is 339 g/mol. The monoisotopic (exact) mass is 352 g/mol. The van der Waals surface area contributed by atoms with Crippen LogP contribution in [0.2, 0.25) is 0 Å². The minimum absolute atomic E-state index is 0.140. The van der Waals surface area contributed by atoms with Crippen LogP contribution in [0.15, 0.2) is 46.9 Å². The van der Waals surface area contributed by atoms with Crippen molar-refractivity contribution in [2.45, 2.75) is 13.0 Å². The van der Waals surface area contributed by atoms with Gasteiger partial charge in [0.2, 0.25) is 0 Å². The van der Waals surface area contributed by atoms with E-state index in [4.69, 9.17) is 18.0 Å². The molecule has 0 bridgehead atoms. The standard InChI is InChI=1S/C15H14BrFN2S/c1-9(11-4-2-3-5-14(11)17)19-10-6-7-12(15(18)20)13(16)8-10/h2-9,19H,1H3,(H2,18,20). The fourth-order valence-electron chi connectivity index (χ4n) is 1.96. The molecule has 0 aliphatic carbocycles. The molecule has 1 unspecified atom stereocenters. The van der Waals surface area contributed by atoms with Gasteiger partial charge in [-0.25, -0.2) is 4.39 Å². The van der Waals surface area contributed by atoms with E-state index in [1.807, 2.05) is 31.2 Å². The van der Waals surface area contributed by atoms with Gasteiger partial charge in [0.15, 0.2) is 0 Å². The van der Waals surface area contributed by atoms with E-state index in [0.29, 0.717) is 10.6 Å². The summed E-state index contributed by atoms with van der Waals surface area (Å²) < 4.78 is 14.5. The molecule has 20 heavy (non-hydrogen) atoms. The second-order valence-corrected chi connectivity index (χ2v) is 5.74. The van der Waals surface area contributed by atoms with E-state index >= 15 is 0 Å². The van der Waals surface area contributed by atoms with Crippen LogP contribution in [0.1, 0.15) is 24.1 Å². The van der Waals surface area contributed by atoms with Gasteiger partial charge in [-0.05, 0) is 47.1 Å². The van der Waals surface area contributed by atoms with Gasteiger partial charge in [0.1, 0.15) is 10.8 Å². The van der Waals surface area contributed by atoms with Crippen molar-refractivity contribution in [3.63, 3.8) is 0 Å². The molecule has 104 valence electrons. The molecule has 0 heterocycles. The predicted molar refractivity (Wildman–Crippen MR) is 88.5 cm³/mol. The van der Waals surface area contributed by atoms with Crippen molar-refractivity contribution in [1.29, 1.82) is 0 Å². The summed E-state index contributed by atoms with van der Waals surface area (Å²) in [6.07, 6.45) is 0. The van der Waals surface area contributed by atoms with Crippen molar-refractivity contribution in [2.24, 2.45) is 5.73 Å². The van der Waals surface area contributed by atoms with E-state index in [1.165, 1.54) is 6.07 Å². The smallest absolute Gasteiger partial charge is 0.128 e. The molecule has 0 aromatic heterocycles. The highest BCUT2D eigenvalue weighted by molar-refractivity contribution is 9.10. The molecule has 0 spiro atoms. The lowest BCUT2D eigenvalue weighted by Gasteiger charge is -2.17. The van der Waals surface area contributed by atoms with Crippen LogP contribution in [-0.2, 0) is 0 Å². The molecule has 2 rings (SSSR count). The first-order valence-corrected chi connectivity index (χ1v) is 7.29. The van der Waals surface area contributed by atoms with Gasteiger partial charge in [0.25, 0.3) is 0 Å². The third kappa shape index (κ3) is 3.35. The summed E-state index contributed by atoms with van der Waals surface area (Å²) in [6.45, 7) is 1.91. The van der Waals surface area contributed by atoms with Crippen LogP contribution in [0.25, 0.3) is 0 Å². The topological polar surface area (TPSA) is 38.0 Å². The maximum Gasteiger partial charge on any atom is 0.128 e. The zero-order valence-electron chi connectivity index (χ0n) is 10.9. The van der Waals surface area contributed by atoms with Crippen LogP contribution in [0.5, 0.6) is 0 Å². The van der Waals surface area contributed by atoms with Crippen LogP contribution in [0, 0.1) is 5.82 Å². The number of anilines is 1. The molecule has 2 aromatic carbocycles. The van der Waals surface area contributed by atoms with Gasteiger partial charge in [-0.1, -0.05) is 30.4 Å². The molecule has 1 atom stereocenters. The van der Waals surface area contributed by atoms with Gasteiger partial charge in [-0.15, -0.1) is 0 Å². The minimum Gasteiger partial charge on any atom is -0.389 e. The highest BCUT2D eigenvalue weighted by Crippen LogP contribution is 2.26. The molecular formula is C15H14BrFN2S. The van der Waals surface area contributed by atoms with Crippen LogP contribution < -0.4 is 11.1 Å². The van der Waals surface area contributed by atoms with Crippen molar-refractivity contribution in [3.8, 4) is 0 Å². The maximum atomic E-state index is 13.7. The fourth-order valence-corrected chi connectivity index (χ4v) is 2.86. The summed E-state index contributed by atoms with van der Waals surface area (Å²) in [5, 5.41) is 3.25. The predicted octanol–water partition coefficient (Wildman–Crippen LogP) is 4.40. The van der Waals surface area contributed by atoms with Crippen molar-refractivity contribution < 1.29 is 4.39 Å². The normalized spacial score (nSPS) is 11.9. The Hall–Kier alpha value is -1.46. The molecule has 5 heteroatoms. The van der Waals surface area contributed by atoms with E-state index in [2.05, 4.69) is 21.2 Å². The molecule has 3 N–H and O–H groups in total. The summed E-state index contributed by atoms with van der Waals surface area (Å²) >= 11 is 8.38. The quantitative estimate of drug-likeness (QED) is 0.801. The van der Waals surface area contributed by atoms with E-state index in [-0.39, 0.29) is 11.9 Å². The van der Waals surface area contributed by atoms with Gasteiger partial charge < -0.3 is 11.1 Å². The van der Waals surface area contributed by atoms with Gasteiger partial charge in [-0.2, -0.15) is 0 Å². The first-order chi connectivity index (χ1) is 9.49. The molecule has 0 aliphatic rings. The summed E-state index contributed by atoms with van der Waals surface area (Å²) in [5.74, 6) is -0.216. The van der Waals surface area contributed by atoms with Crippen molar-refractivity contribution in [1.82, 2.24) is 0 Å². The molecule has 0 saturated heterocycles. The Bertz CT molecular complexity index is 646. The molecule has 0 radical (unpaired) electrons. The number of halogens is 2. The van der Waals surface area contributed by atoms with Crippen LogP contribution in [-0.4, -0.2) is 4.99 Å². The second-order valence-electron chi connectivity index (χ2n) is 4.45. The van der Waals surface area contributed by atoms with Gasteiger partial charge in [-0.3, -0.25) is 0 Å². The fraction of sp³-hybridized carbons (Fsp3) is 0.133. The summed E-state index contributed by atoms with van der Waals surface area (Å²) in [4.78, 5) is 0.338. The number of nitrogens with one attached hydrogen (secondary N) is 1. The first kappa shape index (κ1) is 14.9. The molecule has 0 fully saturated rings. The Labute approximate surface area is 131 Å². The third-order valence-electron chi connectivity index (χ3n) is 2.99. The number of rotatable bonds is 4. The lowest BCUT2D eigenvalue weighted by Crippen LogP contribution is -2.11. The van der Waals surface area contributed by atoms with E-state index in [1.54, 1.807) is 12.1 Å². The third-order valence-corrected chi connectivity index (χ3v) is 3.87. The van der Waals surface area contributed by atoms with Crippen molar-refractivity contribution >= 4 is 38.8 Å². The van der Waals surface area contributed by atoms with Gasteiger partial charge in [0.05, 0.1) is 6.04 Å². The average Bonchev–Trinajstić information content (AvgIpc) is 2.38. The first-order valence-electron chi connectivity index (χ1n) is 6.09. The molecule has 0 aliphatic heterocycles. The van der Waals surface area contributed by atoms with Crippen LogP contribution in [0.3, 0.4) is 0 Å². The van der Waals surface area contributed by atoms with Gasteiger partial charge >= 0.3 is 0 Å². The number of thiocarbonyl (C=S) groups is 1. The lowest BCUT2D eigenvalue weighted by molar-refractivity contribution is 0.600. The molecule has 0 saturated carbocycles. The summed E-state index contributed by atoms with van der Waals surface area (Å²) in [5.41, 5.74) is 7.88. The molecule has 2 aromatic rings. The number of nitrogens with two attached hydrogens (primary N) is 1. The van der Waals surface area contributed by atoms with E-state index in [9.17, 15) is 4.39 Å². The van der Waals surface area contributed by atoms with Crippen molar-refractivity contribution in [3.05, 3.63) is 63.9 Å². The SMILES string of the molecule is CC(Nc1ccc(C(N)=S)c(Br)c1)c1ccccc1F. The number of hydrogen-bond acceptors (Lipinski definition) is 2. The second kappa shape index (κ2) is 6.33. The molecule has 2 nitrogen and oxygen atoms in total. The highest BCUT2D eigenvalue weighted by atomic mass is 79.9. The lowest BCUT2D eigenvalue weighted by atomic mass is 10.1. The summed E-state index contributed by atoms with van der Waals surface area (Å²) in [6, 6.07) is 12.2. The Kier molecular flexibility index (Phi) is 4.73. The average molecular weight is 353 g/mol. The minimum atomic E-state index is -0.216. The Morgan fingerprint density at radius 1 is 1.30 bits per heavy atom. The Balaban J connectivity index is 2.20. The summed E-state index contributed by atoms with van der Waals surface area (Å²) in [7, 11) is 0. The largest absolute Gasteiger partial charge is 0.389 e. The van der Waals surface area contributed by atoms with Crippen LogP contribution >= 0.6 is 28.1 Å². The van der Waals surface area contributed by atoms with Crippen LogP contribution in [0.4, 0.5) is 10.1 Å².